The first-order valence-electron chi connectivity index (χ1n) is 8.02. The molecule has 1 aliphatic rings. The predicted octanol–water partition coefficient (Wildman–Crippen LogP) is 1.62. The summed E-state index contributed by atoms with van der Waals surface area (Å²) in [5.74, 6) is 0. The zero-order chi connectivity index (χ0) is 13.2. The van der Waals surface area contributed by atoms with E-state index in [0.29, 0.717) is 6.98 Å². The lowest BCUT2D eigenvalue weighted by Crippen LogP contribution is -2.66. The number of hydrogen-bond acceptors (Lipinski definition) is 3. The largest absolute Gasteiger partial charge is 0.377 e. The molecular weight excluding hydrogens is 219 g/mol. The van der Waals surface area contributed by atoms with E-state index in [-0.39, 0.29) is 0 Å². The Balaban J connectivity index is 2.51. The Hall–Kier alpha value is 0.0748. The van der Waals surface area contributed by atoms with Gasteiger partial charge in [-0.2, -0.15) is 0 Å². The van der Waals surface area contributed by atoms with E-state index in [4.69, 9.17) is 0 Å². The molecule has 1 aliphatic heterocycles. The molecule has 0 aliphatic carbocycles. The molecule has 18 heavy (non-hydrogen) atoms. The van der Waals surface area contributed by atoms with Crippen LogP contribution in [0.5, 0.6) is 0 Å². The molecule has 3 nitrogen and oxygen atoms in total. The van der Waals surface area contributed by atoms with Gasteiger partial charge in [-0.05, 0) is 32.3 Å². The molecule has 1 rings (SSSR count). The van der Waals surface area contributed by atoms with Crippen molar-refractivity contribution in [3.05, 3.63) is 0 Å². The third-order valence-electron chi connectivity index (χ3n) is 3.89. The van der Waals surface area contributed by atoms with Crippen LogP contribution >= 0.6 is 0 Å². The first kappa shape index (κ1) is 16.1. The van der Waals surface area contributed by atoms with Gasteiger partial charge in [0.15, 0.2) is 0 Å². The molecule has 0 saturated carbocycles. The molecule has 0 radical (unpaired) electrons. The van der Waals surface area contributed by atoms with Crippen molar-refractivity contribution in [1.29, 1.82) is 0 Å². The fourth-order valence-electron chi connectivity index (χ4n) is 2.71. The smallest absolute Gasteiger partial charge is 0.289 e. The molecule has 1 heterocycles. The Labute approximate surface area is 116 Å². The number of nitrogens with one attached hydrogen (secondary N) is 1. The van der Waals surface area contributed by atoms with Gasteiger partial charge < -0.3 is 14.6 Å². The molecule has 1 fully saturated rings. The molecule has 1 saturated heterocycles. The summed E-state index contributed by atoms with van der Waals surface area (Å²) in [7, 11) is 2.16. The standard InChI is InChI=1S/C12H30B3N3/c1-4-7-10-15-17(11-8-5-2)13-16-14-18(15)12-9-6-3/h13-14,16H,4-12H2,1-3H3. The van der Waals surface area contributed by atoms with Crippen LogP contribution in [0, 0.1) is 0 Å². The summed E-state index contributed by atoms with van der Waals surface area (Å²) in [6.07, 6.45) is 9.25. The molecule has 0 aromatic carbocycles. The van der Waals surface area contributed by atoms with Gasteiger partial charge in [0.25, 0.3) is 22.1 Å². The molecule has 6 heteroatoms. The Bertz CT molecular complexity index is 191. The van der Waals surface area contributed by atoms with Gasteiger partial charge in [0.05, 0.1) is 0 Å². The molecule has 0 atom stereocenters. The number of nitrogens with zero attached hydrogens (tertiary/aromatic N) is 2. The highest BCUT2D eigenvalue weighted by Crippen LogP contribution is 2.13. The number of unbranched alkanes of at least 4 members (excludes halogenated alkanes) is 3. The average Bonchev–Trinajstić information content (AvgIpc) is 2.41. The van der Waals surface area contributed by atoms with Crippen LogP contribution in [-0.4, -0.2) is 44.6 Å². The molecule has 0 aromatic rings. The van der Waals surface area contributed by atoms with Crippen LogP contribution in [0.1, 0.15) is 59.3 Å². The van der Waals surface area contributed by atoms with Crippen molar-refractivity contribution >= 4 is 22.1 Å². The second-order valence-corrected chi connectivity index (χ2v) is 5.52. The van der Waals surface area contributed by atoms with Gasteiger partial charge in [0, 0.05) is 0 Å². The van der Waals surface area contributed by atoms with Crippen molar-refractivity contribution in [3.63, 3.8) is 0 Å². The molecule has 1 N–H and O–H groups in total. The number of hydrogen-bond donors (Lipinski definition) is 1. The van der Waals surface area contributed by atoms with Gasteiger partial charge in [0.1, 0.15) is 0 Å². The van der Waals surface area contributed by atoms with Crippen molar-refractivity contribution in [1.82, 2.24) is 14.6 Å². The normalized spacial score (nSPS) is 17.6. The first-order valence-corrected chi connectivity index (χ1v) is 8.02. The minimum Gasteiger partial charge on any atom is -0.377 e. The van der Waals surface area contributed by atoms with Crippen LogP contribution < -0.4 is 5.14 Å². The SMILES string of the molecule is CCCCB1N(CCCC)BNBN1CCCC. The first-order chi connectivity index (χ1) is 8.83. The third kappa shape index (κ3) is 5.37. The monoisotopic (exact) mass is 249 g/mol. The second-order valence-electron chi connectivity index (χ2n) is 5.52. The highest BCUT2D eigenvalue weighted by atomic mass is 15.2. The second kappa shape index (κ2) is 9.93. The van der Waals surface area contributed by atoms with Crippen LogP contribution in [0.3, 0.4) is 0 Å². The number of rotatable bonds is 9. The maximum absolute atomic E-state index is 3.56. The van der Waals surface area contributed by atoms with E-state index < -0.39 is 0 Å². The van der Waals surface area contributed by atoms with E-state index in [9.17, 15) is 0 Å². The summed E-state index contributed by atoms with van der Waals surface area (Å²) in [5.41, 5.74) is 0. The van der Waals surface area contributed by atoms with Gasteiger partial charge in [-0.1, -0.05) is 46.5 Å². The third-order valence-corrected chi connectivity index (χ3v) is 3.89. The van der Waals surface area contributed by atoms with E-state index in [1.807, 2.05) is 0 Å². The summed E-state index contributed by atoms with van der Waals surface area (Å²) in [5, 5.41) is 3.56. The minimum absolute atomic E-state index is 0.685. The highest BCUT2D eigenvalue weighted by Gasteiger charge is 2.32. The Morgan fingerprint density at radius 1 is 0.833 bits per heavy atom. The lowest BCUT2D eigenvalue weighted by molar-refractivity contribution is 0.496. The van der Waals surface area contributed by atoms with Crippen LogP contribution in [0.25, 0.3) is 0 Å². The molecule has 0 bridgehead atoms. The van der Waals surface area contributed by atoms with Crippen molar-refractivity contribution in [2.75, 3.05) is 13.1 Å². The summed E-state index contributed by atoms with van der Waals surface area (Å²) in [6, 6.07) is 0. The summed E-state index contributed by atoms with van der Waals surface area (Å²) < 4.78 is 5.30. The van der Waals surface area contributed by atoms with Gasteiger partial charge in [-0.25, -0.2) is 0 Å². The van der Waals surface area contributed by atoms with E-state index in [0.717, 1.165) is 15.1 Å². The zero-order valence-corrected chi connectivity index (χ0v) is 12.7. The van der Waals surface area contributed by atoms with Gasteiger partial charge in [-0.3, -0.25) is 0 Å². The predicted molar refractivity (Wildman–Crippen MR) is 86.1 cm³/mol. The van der Waals surface area contributed by atoms with E-state index >= 15 is 0 Å². The summed E-state index contributed by atoms with van der Waals surface area (Å²) in [4.78, 5) is 0. The van der Waals surface area contributed by atoms with Crippen LogP contribution in [0.4, 0.5) is 0 Å². The maximum atomic E-state index is 3.56. The van der Waals surface area contributed by atoms with Gasteiger partial charge >= 0.3 is 0 Å². The maximum Gasteiger partial charge on any atom is 0.289 e. The highest BCUT2D eigenvalue weighted by molar-refractivity contribution is 6.74. The molecule has 0 aromatic heterocycles. The molecule has 102 valence electrons. The van der Waals surface area contributed by atoms with Crippen molar-refractivity contribution < 1.29 is 0 Å². The Kier molecular flexibility index (Phi) is 8.90. The zero-order valence-electron chi connectivity index (χ0n) is 12.7. The Morgan fingerprint density at radius 3 is 1.78 bits per heavy atom. The molecule has 0 amide bonds. The van der Waals surface area contributed by atoms with E-state index in [1.165, 1.54) is 57.9 Å². The molecular formula is C12H30B3N3. The molecule has 0 spiro atoms. The lowest BCUT2D eigenvalue weighted by Gasteiger charge is -2.41. The lowest BCUT2D eigenvalue weighted by atomic mass is 9.56. The van der Waals surface area contributed by atoms with E-state index in [2.05, 4.69) is 35.4 Å². The van der Waals surface area contributed by atoms with Gasteiger partial charge in [0.2, 0.25) is 0 Å². The summed E-state index contributed by atoms with van der Waals surface area (Å²) >= 11 is 0. The quantitative estimate of drug-likeness (QED) is 0.626. The molecule has 0 unspecified atom stereocenters. The average molecular weight is 249 g/mol. The minimum atomic E-state index is 0.685. The Morgan fingerprint density at radius 2 is 1.33 bits per heavy atom. The van der Waals surface area contributed by atoms with Gasteiger partial charge in [-0.15, -0.1) is 0 Å². The van der Waals surface area contributed by atoms with E-state index in [1.54, 1.807) is 0 Å². The fourth-order valence-corrected chi connectivity index (χ4v) is 2.71. The van der Waals surface area contributed by atoms with Crippen LogP contribution in [0.15, 0.2) is 0 Å². The van der Waals surface area contributed by atoms with Crippen LogP contribution in [-0.2, 0) is 0 Å². The van der Waals surface area contributed by atoms with Crippen molar-refractivity contribution in [3.8, 4) is 0 Å². The van der Waals surface area contributed by atoms with Crippen LogP contribution in [0.2, 0.25) is 6.32 Å². The van der Waals surface area contributed by atoms with Crippen molar-refractivity contribution in [2.24, 2.45) is 0 Å². The fraction of sp³-hybridized carbons (Fsp3) is 1.00. The van der Waals surface area contributed by atoms with Crippen molar-refractivity contribution in [2.45, 2.75) is 65.6 Å². The summed E-state index contributed by atoms with van der Waals surface area (Å²) in [6.45, 7) is 10.1. The topological polar surface area (TPSA) is 18.5 Å².